The number of amides is 1. The molecular weight excluding hydrogens is 272 g/mol. The highest BCUT2D eigenvalue weighted by molar-refractivity contribution is 5.92. The molecule has 2 N–H and O–H groups in total. The molecule has 21 heavy (non-hydrogen) atoms. The largest absolute Gasteiger partial charge is 0.454 e. The van der Waals surface area contributed by atoms with Crippen LogP contribution in [0.4, 0.5) is 5.69 Å². The Bertz CT molecular complexity index is 520. The molecule has 0 spiro atoms. The molecule has 1 fully saturated rings. The van der Waals surface area contributed by atoms with E-state index in [0.717, 1.165) is 25.8 Å². The summed E-state index contributed by atoms with van der Waals surface area (Å²) in [7, 11) is 0. The van der Waals surface area contributed by atoms with E-state index < -0.39 is 0 Å². The molecule has 6 nitrogen and oxygen atoms in total. The standard InChI is InChI=1S/C15H20N2O4/c18-9-12-3-1-2-6-17(12)8-15(19)16-11-4-5-13-14(7-11)21-10-20-13/h4-5,7,12,18H,1-3,6,8-10H2,(H,16,19). The predicted octanol–water partition coefficient (Wildman–Crippen LogP) is 1.20. The maximum absolute atomic E-state index is 12.1. The van der Waals surface area contributed by atoms with Gasteiger partial charge in [-0.05, 0) is 31.5 Å². The topological polar surface area (TPSA) is 71.0 Å². The quantitative estimate of drug-likeness (QED) is 0.872. The number of nitrogens with zero attached hydrogens (tertiary/aromatic N) is 1. The van der Waals surface area contributed by atoms with Crippen molar-refractivity contribution in [3.05, 3.63) is 18.2 Å². The Kier molecular flexibility index (Phi) is 4.26. The third kappa shape index (κ3) is 3.28. The zero-order chi connectivity index (χ0) is 14.7. The molecule has 114 valence electrons. The maximum Gasteiger partial charge on any atom is 0.238 e. The Morgan fingerprint density at radius 2 is 2.19 bits per heavy atom. The van der Waals surface area contributed by atoms with Gasteiger partial charge in [0.1, 0.15) is 0 Å². The lowest BCUT2D eigenvalue weighted by Crippen LogP contribution is -2.45. The van der Waals surface area contributed by atoms with E-state index in [-0.39, 0.29) is 25.3 Å². The lowest BCUT2D eigenvalue weighted by molar-refractivity contribution is -0.118. The molecule has 1 aromatic carbocycles. The number of ether oxygens (including phenoxy) is 2. The maximum atomic E-state index is 12.1. The van der Waals surface area contributed by atoms with Crippen molar-refractivity contribution in [2.75, 3.05) is 31.8 Å². The normalized spacial score (nSPS) is 21.3. The molecule has 0 bridgehead atoms. The lowest BCUT2D eigenvalue weighted by Gasteiger charge is -2.33. The van der Waals surface area contributed by atoms with Crippen LogP contribution in [-0.2, 0) is 4.79 Å². The predicted molar refractivity (Wildman–Crippen MR) is 77.5 cm³/mol. The fraction of sp³-hybridized carbons (Fsp3) is 0.533. The molecule has 0 saturated carbocycles. The van der Waals surface area contributed by atoms with Crippen molar-refractivity contribution in [1.82, 2.24) is 4.90 Å². The minimum absolute atomic E-state index is 0.0748. The van der Waals surface area contributed by atoms with E-state index in [1.54, 1.807) is 18.2 Å². The first-order valence-corrected chi connectivity index (χ1v) is 7.30. The number of carbonyl (C=O) groups excluding carboxylic acids is 1. The van der Waals surface area contributed by atoms with Gasteiger partial charge in [-0.3, -0.25) is 9.69 Å². The summed E-state index contributed by atoms with van der Waals surface area (Å²) in [4.78, 5) is 14.2. The second kappa shape index (κ2) is 6.32. The van der Waals surface area contributed by atoms with Gasteiger partial charge in [0.2, 0.25) is 12.7 Å². The van der Waals surface area contributed by atoms with Crippen LogP contribution >= 0.6 is 0 Å². The molecule has 1 amide bonds. The van der Waals surface area contributed by atoms with Gasteiger partial charge in [-0.2, -0.15) is 0 Å². The van der Waals surface area contributed by atoms with Gasteiger partial charge in [0, 0.05) is 17.8 Å². The summed E-state index contributed by atoms with van der Waals surface area (Å²) in [5.74, 6) is 1.28. The Labute approximate surface area is 123 Å². The van der Waals surface area contributed by atoms with Gasteiger partial charge < -0.3 is 19.9 Å². The van der Waals surface area contributed by atoms with Crippen molar-refractivity contribution < 1.29 is 19.4 Å². The number of hydrogen-bond donors (Lipinski definition) is 2. The molecule has 1 saturated heterocycles. The van der Waals surface area contributed by atoms with Crippen molar-refractivity contribution in [1.29, 1.82) is 0 Å². The highest BCUT2D eigenvalue weighted by Gasteiger charge is 2.23. The first kappa shape index (κ1) is 14.2. The van der Waals surface area contributed by atoms with Crippen LogP contribution in [0.3, 0.4) is 0 Å². The molecule has 2 aliphatic heterocycles. The summed E-state index contributed by atoms with van der Waals surface area (Å²) >= 11 is 0. The second-order valence-corrected chi connectivity index (χ2v) is 5.42. The number of rotatable bonds is 4. The van der Waals surface area contributed by atoms with Gasteiger partial charge in [-0.15, -0.1) is 0 Å². The molecule has 1 unspecified atom stereocenters. The van der Waals surface area contributed by atoms with E-state index in [0.29, 0.717) is 23.7 Å². The van der Waals surface area contributed by atoms with Crippen LogP contribution in [0.5, 0.6) is 11.5 Å². The van der Waals surface area contributed by atoms with Crippen molar-refractivity contribution >= 4 is 11.6 Å². The molecule has 0 aliphatic carbocycles. The molecule has 0 radical (unpaired) electrons. The highest BCUT2D eigenvalue weighted by atomic mass is 16.7. The van der Waals surface area contributed by atoms with Crippen LogP contribution in [0.2, 0.25) is 0 Å². The Hall–Kier alpha value is -1.79. The zero-order valence-electron chi connectivity index (χ0n) is 11.9. The van der Waals surface area contributed by atoms with Gasteiger partial charge in [-0.25, -0.2) is 0 Å². The number of carbonyl (C=O) groups is 1. The SMILES string of the molecule is O=C(CN1CCCCC1CO)Nc1ccc2c(c1)OCO2. The Morgan fingerprint density at radius 3 is 3.05 bits per heavy atom. The number of anilines is 1. The van der Waals surface area contributed by atoms with Crippen molar-refractivity contribution in [3.63, 3.8) is 0 Å². The van der Waals surface area contributed by atoms with Crippen LogP contribution in [0, 0.1) is 0 Å². The third-order valence-electron chi connectivity index (χ3n) is 3.96. The summed E-state index contributed by atoms with van der Waals surface area (Å²) < 4.78 is 10.5. The van der Waals surface area contributed by atoms with Crippen LogP contribution in [-0.4, -0.2) is 48.4 Å². The van der Waals surface area contributed by atoms with E-state index in [2.05, 4.69) is 5.32 Å². The van der Waals surface area contributed by atoms with Gasteiger partial charge in [0.15, 0.2) is 11.5 Å². The van der Waals surface area contributed by atoms with E-state index >= 15 is 0 Å². The van der Waals surface area contributed by atoms with E-state index in [1.165, 1.54) is 0 Å². The average Bonchev–Trinajstić information content (AvgIpc) is 2.95. The fourth-order valence-corrected chi connectivity index (χ4v) is 2.83. The summed E-state index contributed by atoms with van der Waals surface area (Å²) in [6.07, 6.45) is 3.15. The summed E-state index contributed by atoms with van der Waals surface area (Å²) in [6, 6.07) is 5.45. The minimum atomic E-state index is -0.0748. The first-order chi connectivity index (χ1) is 10.3. The summed E-state index contributed by atoms with van der Waals surface area (Å²) in [6.45, 7) is 1.50. The first-order valence-electron chi connectivity index (χ1n) is 7.30. The van der Waals surface area contributed by atoms with Gasteiger partial charge in [-0.1, -0.05) is 6.42 Å². The number of likely N-dealkylation sites (tertiary alicyclic amines) is 1. The summed E-state index contributed by atoms with van der Waals surface area (Å²) in [5.41, 5.74) is 0.696. The number of benzene rings is 1. The van der Waals surface area contributed by atoms with Crippen molar-refractivity contribution in [3.8, 4) is 11.5 Å². The molecule has 3 rings (SSSR count). The smallest absolute Gasteiger partial charge is 0.238 e. The van der Waals surface area contributed by atoms with Crippen molar-refractivity contribution in [2.24, 2.45) is 0 Å². The third-order valence-corrected chi connectivity index (χ3v) is 3.96. The Balaban J connectivity index is 1.58. The van der Waals surface area contributed by atoms with E-state index in [1.807, 2.05) is 4.90 Å². The van der Waals surface area contributed by atoms with E-state index in [4.69, 9.17) is 9.47 Å². The number of nitrogens with one attached hydrogen (secondary N) is 1. The van der Waals surface area contributed by atoms with Gasteiger partial charge >= 0.3 is 0 Å². The molecule has 2 aliphatic rings. The highest BCUT2D eigenvalue weighted by Crippen LogP contribution is 2.34. The fourth-order valence-electron chi connectivity index (χ4n) is 2.83. The number of fused-ring (bicyclic) bond motifs is 1. The van der Waals surface area contributed by atoms with Crippen LogP contribution in [0.1, 0.15) is 19.3 Å². The number of hydrogen-bond acceptors (Lipinski definition) is 5. The van der Waals surface area contributed by atoms with E-state index in [9.17, 15) is 9.90 Å². The van der Waals surface area contributed by atoms with Gasteiger partial charge in [0.05, 0.1) is 13.2 Å². The number of aliphatic hydroxyl groups excluding tert-OH is 1. The average molecular weight is 292 g/mol. The monoisotopic (exact) mass is 292 g/mol. The van der Waals surface area contributed by atoms with Crippen LogP contribution < -0.4 is 14.8 Å². The molecule has 2 heterocycles. The zero-order valence-corrected chi connectivity index (χ0v) is 11.9. The number of aliphatic hydroxyl groups is 1. The molecule has 0 aromatic heterocycles. The minimum Gasteiger partial charge on any atom is -0.454 e. The van der Waals surface area contributed by atoms with Crippen LogP contribution in [0.15, 0.2) is 18.2 Å². The molecule has 1 aromatic rings. The Morgan fingerprint density at radius 1 is 1.33 bits per heavy atom. The number of piperidine rings is 1. The van der Waals surface area contributed by atoms with Crippen molar-refractivity contribution in [2.45, 2.75) is 25.3 Å². The molecule has 1 atom stereocenters. The molecular formula is C15H20N2O4. The molecule has 6 heteroatoms. The van der Waals surface area contributed by atoms with Crippen LogP contribution in [0.25, 0.3) is 0 Å². The lowest BCUT2D eigenvalue weighted by atomic mass is 10.0. The second-order valence-electron chi connectivity index (χ2n) is 5.42. The van der Waals surface area contributed by atoms with Gasteiger partial charge in [0.25, 0.3) is 0 Å². The summed E-state index contributed by atoms with van der Waals surface area (Å²) in [5, 5.41) is 12.2.